The minimum absolute atomic E-state index is 0.0194. The van der Waals surface area contributed by atoms with E-state index in [2.05, 4.69) is 9.78 Å². The van der Waals surface area contributed by atoms with E-state index in [9.17, 15) is 23.1 Å². The molecule has 23 heavy (non-hydrogen) atoms. The minimum atomic E-state index is -2.25. The van der Waals surface area contributed by atoms with Gasteiger partial charge in [-0.1, -0.05) is 0 Å². The number of carbonyl (C=O) groups is 1. The molecule has 0 radical (unpaired) electrons. The number of nitrogens with zero attached hydrogens (tertiary/aromatic N) is 1. The van der Waals surface area contributed by atoms with Gasteiger partial charge in [-0.05, 0) is 31.3 Å². The molecular weight excluding hydrogens is 315 g/mol. The molecule has 0 aromatic rings. The van der Waals surface area contributed by atoms with Crippen LogP contribution in [0.4, 0.5) is 13.2 Å². The topological polar surface area (TPSA) is 59.0 Å². The largest absolute Gasteiger partial charge is 0.369 e. The van der Waals surface area contributed by atoms with Crippen LogP contribution >= 0.6 is 0 Å². The van der Waals surface area contributed by atoms with E-state index >= 15 is 0 Å². The van der Waals surface area contributed by atoms with Gasteiger partial charge in [-0.15, -0.1) is 0 Å². The average Bonchev–Trinajstić information content (AvgIpc) is 2.75. The quantitative estimate of drug-likeness (QED) is 0.752. The van der Waals surface area contributed by atoms with E-state index in [-0.39, 0.29) is 5.76 Å². The first kappa shape index (κ1) is 14.5. The van der Waals surface area contributed by atoms with Crippen molar-refractivity contribution in [3.05, 3.63) is 46.2 Å². The van der Waals surface area contributed by atoms with Gasteiger partial charge in [0, 0.05) is 11.6 Å². The summed E-state index contributed by atoms with van der Waals surface area (Å²) in [7, 11) is 0. The Hall–Kier alpha value is -2.06. The smallest absolute Gasteiger partial charge is 0.279 e. The average molecular weight is 327 g/mol. The first-order valence-electron chi connectivity index (χ1n) is 7.24. The van der Waals surface area contributed by atoms with Gasteiger partial charge < -0.3 is 9.99 Å². The van der Waals surface area contributed by atoms with Gasteiger partial charge in [0.2, 0.25) is 0 Å². The Kier molecular flexibility index (Phi) is 3.14. The molecule has 2 unspecified atom stereocenters. The van der Waals surface area contributed by atoms with E-state index in [1.807, 2.05) is 0 Å². The van der Waals surface area contributed by atoms with Crippen LogP contribution in [-0.4, -0.2) is 28.2 Å². The molecule has 0 bridgehead atoms. The highest BCUT2D eigenvalue weighted by Crippen LogP contribution is 2.45. The van der Waals surface area contributed by atoms with Crippen LogP contribution in [0, 0.1) is 0 Å². The van der Waals surface area contributed by atoms with Crippen molar-refractivity contribution in [1.82, 2.24) is 4.90 Å². The number of allylic oxidation sites excluding steroid dienone is 1. The number of amides is 1. The molecule has 1 N–H and O–H groups in total. The van der Waals surface area contributed by atoms with Crippen molar-refractivity contribution in [1.29, 1.82) is 0 Å². The number of aliphatic hydroxyl groups is 1. The molecule has 2 aliphatic heterocycles. The molecule has 4 aliphatic rings. The number of fused-ring (bicyclic) bond motifs is 1. The van der Waals surface area contributed by atoms with E-state index in [0.29, 0.717) is 24.0 Å². The molecule has 8 heteroatoms. The summed E-state index contributed by atoms with van der Waals surface area (Å²) in [6.07, 6.45) is -1.12. The van der Waals surface area contributed by atoms with Gasteiger partial charge >= 0.3 is 0 Å². The number of rotatable bonds is 1. The molecule has 0 spiro atoms. The molecule has 2 heterocycles. The highest BCUT2D eigenvalue weighted by atomic mass is 19.3. The van der Waals surface area contributed by atoms with Gasteiger partial charge in [0.15, 0.2) is 23.9 Å². The monoisotopic (exact) mass is 327 g/mol. The van der Waals surface area contributed by atoms with Gasteiger partial charge in [0.25, 0.3) is 12.0 Å². The van der Waals surface area contributed by atoms with E-state index in [1.54, 1.807) is 0 Å². The van der Waals surface area contributed by atoms with Crippen LogP contribution in [0.1, 0.15) is 25.7 Å². The number of hydrogen-bond donors (Lipinski definition) is 1. The van der Waals surface area contributed by atoms with Crippen LogP contribution in [0.15, 0.2) is 46.2 Å². The van der Waals surface area contributed by atoms with Crippen molar-refractivity contribution in [2.75, 3.05) is 0 Å². The molecule has 122 valence electrons. The van der Waals surface area contributed by atoms with Crippen molar-refractivity contribution in [2.24, 2.45) is 0 Å². The number of carbonyl (C=O) groups excluding carboxylic acids is 1. The maximum absolute atomic E-state index is 14.5. The number of hydrogen-bond acceptors (Lipinski definition) is 4. The second kappa shape index (κ2) is 4.97. The van der Waals surface area contributed by atoms with E-state index in [0.717, 1.165) is 23.8 Å². The van der Waals surface area contributed by atoms with E-state index in [1.165, 1.54) is 0 Å². The second-order valence-electron chi connectivity index (χ2n) is 5.74. The van der Waals surface area contributed by atoms with Crippen LogP contribution in [0.25, 0.3) is 0 Å². The Labute approximate surface area is 128 Å². The van der Waals surface area contributed by atoms with Crippen molar-refractivity contribution in [2.45, 2.75) is 38.0 Å². The predicted molar refractivity (Wildman–Crippen MR) is 69.8 cm³/mol. The maximum atomic E-state index is 14.5. The summed E-state index contributed by atoms with van der Waals surface area (Å²) in [5.41, 5.74) is -0.399. The van der Waals surface area contributed by atoms with Crippen LogP contribution < -0.4 is 0 Å². The normalized spacial score (nSPS) is 29.9. The molecule has 0 aromatic carbocycles. The Morgan fingerprint density at radius 1 is 1.30 bits per heavy atom. The lowest BCUT2D eigenvalue weighted by Crippen LogP contribution is -2.40. The summed E-state index contributed by atoms with van der Waals surface area (Å²) in [6, 6.07) is 0. The van der Waals surface area contributed by atoms with Gasteiger partial charge in [0.05, 0.1) is 11.3 Å². The summed E-state index contributed by atoms with van der Waals surface area (Å²) in [5.74, 6) is -1.85. The van der Waals surface area contributed by atoms with Gasteiger partial charge in [-0.25, -0.2) is 4.39 Å². The lowest BCUT2D eigenvalue weighted by atomic mass is 9.93. The number of aliphatic hydroxyl groups excluding tert-OH is 1. The summed E-state index contributed by atoms with van der Waals surface area (Å²) in [5, 5.41) is 10.4. The van der Waals surface area contributed by atoms with Crippen molar-refractivity contribution in [3.63, 3.8) is 0 Å². The fraction of sp³-hybridized carbons (Fsp3) is 0.400. The van der Waals surface area contributed by atoms with E-state index in [4.69, 9.17) is 0 Å². The van der Waals surface area contributed by atoms with Crippen molar-refractivity contribution >= 4 is 5.91 Å². The molecular formula is C15H12F3NO4. The summed E-state index contributed by atoms with van der Waals surface area (Å²) >= 11 is 0. The Balaban J connectivity index is 1.79. The molecule has 1 fully saturated rings. The maximum Gasteiger partial charge on any atom is 0.279 e. The first-order valence-corrected chi connectivity index (χ1v) is 7.24. The SMILES string of the molecule is O=C1C2=C(CCCC2)C(O)N1C1=C(F)C(=C(F)F)C2OOC2=C1. The lowest BCUT2D eigenvalue weighted by molar-refractivity contribution is -0.367. The summed E-state index contributed by atoms with van der Waals surface area (Å²) in [4.78, 5) is 22.4. The van der Waals surface area contributed by atoms with Crippen LogP contribution in [-0.2, 0) is 14.6 Å². The lowest BCUT2D eigenvalue weighted by Gasteiger charge is -2.35. The summed E-state index contributed by atoms with van der Waals surface area (Å²) < 4.78 is 40.6. The molecule has 1 amide bonds. The van der Waals surface area contributed by atoms with Crippen molar-refractivity contribution < 1.29 is 32.8 Å². The Morgan fingerprint density at radius 3 is 2.65 bits per heavy atom. The highest BCUT2D eigenvalue weighted by Gasteiger charge is 2.48. The fourth-order valence-corrected chi connectivity index (χ4v) is 3.36. The third-order valence-corrected chi connectivity index (χ3v) is 4.51. The van der Waals surface area contributed by atoms with Crippen molar-refractivity contribution in [3.8, 4) is 0 Å². The zero-order valence-corrected chi connectivity index (χ0v) is 11.8. The molecule has 0 aromatic heterocycles. The highest BCUT2D eigenvalue weighted by molar-refractivity contribution is 5.99. The third-order valence-electron chi connectivity index (χ3n) is 4.51. The first-order chi connectivity index (χ1) is 11.0. The molecule has 4 rings (SSSR count). The van der Waals surface area contributed by atoms with Gasteiger partial charge in [0.1, 0.15) is 0 Å². The fourth-order valence-electron chi connectivity index (χ4n) is 3.36. The second-order valence-corrected chi connectivity index (χ2v) is 5.74. The van der Waals surface area contributed by atoms with Crippen LogP contribution in [0.3, 0.4) is 0 Å². The zero-order chi connectivity index (χ0) is 16.3. The summed E-state index contributed by atoms with van der Waals surface area (Å²) in [6.45, 7) is 0. The van der Waals surface area contributed by atoms with E-state index < -0.39 is 41.4 Å². The Morgan fingerprint density at radius 2 is 2.04 bits per heavy atom. The number of halogens is 3. The molecule has 2 atom stereocenters. The van der Waals surface area contributed by atoms with Gasteiger partial charge in [-0.2, -0.15) is 13.7 Å². The molecule has 0 saturated carbocycles. The molecule has 5 nitrogen and oxygen atoms in total. The van der Waals surface area contributed by atoms with Crippen LogP contribution in [0.5, 0.6) is 0 Å². The predicted octanol–water partition coefficient (Wildman–Crippen LogP) is 2.58. The van der Waals surface area contributed by atoms with Crippen LogP contribution in [0.2, 0.25) is 0 Å². The molecule has 1 saturated heterocycles. The molecule has 2 aliphatic carbocycles. The van der Waals surface area contributed by atoms with Gasteiger partial charge in [-0.3, -0.25) is 9.69 Å². The standard InChI is InChI=1S/C15H12F3NO4/c16-11-8(5-9-12(23-22-9)10(11)13(17)18)19-14(20)6-3-1-2-4-7(6)15(19)21/h5,12,14,20H,1-4H2. The third kappa shape index (κ3) is 1.91. The Bertz CT molecular complexity index is 733. The zero-order valence-electron chi connectivity index (χ0n) is 11.8. The minimum Gasteiger partial charge on any atom is -0.369 e.